The van der Waals surface area contributed by atoms with E-state index in [1.807, 2.05) is 18.5 Å². The number of aromatic nitrogens is 3. The number of hydrogen-bond donors (Lipinski definition) is 0. The van der Waals surface area contributed by atoms with E-state index in [-0.39, 0.29) is 0 Å². The van der Waals surface area contributed by atoms with E-state index < -0.39 is 0 Å². The molecular formula is C20H23N5O. The first-order valence-electron chi connectivity index (χ1n) is 9.30. The van der Waals surface area contributed by atoms with Gasteiger partial charge in [-0.3, -0.25) is 14.5 Å². The average molecular weight is 349 g/mol. The quantitative estimate of drug-likeness (QED) is 0.725. The Morgan fingerprint density at radius 3 is 2.92 bits per heavy atom. The fourth-order valence-electron chi connectivity index (χ4n) is 4.02. The fourth-order valence-corrected chi connectivity index (χ4v) is 4.02. The second-order valence-corrected chi connectivity index (χ2v) is 7.16. The van der Waals surface area contributed by atoms with E-state index >= 15 is 0 Å². The third-order valence-corrected chi connectivity index (χ3v) is 5.21. The van der Waals surface area contributed by atoms with Crippen molar-refractivity contribution >= 4 is 17.0 Å². The van der Waals surface area contributed by atoms with Crippen LogP contribution in [0.4, 0.5) is 5.95 Å². The van der Waals surface area contributed by atoms with Crippen LogP contribution in [0.5, 0.6) is 0 Å². The first-order valence-corrected chi connectivity index (χ1v) is 9.30. The lowest BCUT2D eigenvalue weighted by Gasteiger charge is -2.38. The lowest BCUT2D eigenvalue weighted by atomic mass is 10.2. The smallest absolute Gasteiger partial charge is 0.208 e. The van der Waals surface area contributed by atoms with Gasteiger partial charge in [0.1, 0.15) is 0 Å². The number of rotatable bonds is 4. The van der Waals surface area contributed by atoms with Crippen LogP contribution in [0.25, 0.3) is 11.0 Å². The van der Waals surface area contributed by atoms with Crippen LogP contribution >= 0.6 is 0 Å². The molecule has 134 valence electrons. The summed E-state index contributed by atoms with van der Waals surface area (Å²) in [6, 6.07) is 12.5. The number of benzene rings is 1. The van der Waals surface area contributed by atoms with Gasteiger partial charge in [0.2, 0.25) is 5.95 Å². The molecule has 6 heteroatoms. The van der Waals surface area contributed by atoms with Gasteiger partial charge in [-0.25, -0.2) is 4.98 Å². The van der Waals surface area contributed by atoms with Crippen molar-refractivity contribution in [2.24, 2.45) is 0 Å². The lowest BCUT2D eigenvalue weighted by molar-refractivity contribution is 0.105. The summed E-state index contributed by atoms with van der Waals surface area (Å²) < 4.78 is 8.21. The number of nitrogens with zero attached hydrogens (tertiary/aromatic N) is 5. The molecule has 0 bridgehead atoms. The zero-order valence-corrected chi connectivity index (χ0v) is 14.8. The standard InChI is InChI=1S/C20H23N5O/c1-2-8-19-18(7-1)22-20-24(13-17-6-4-10-26-17)14-23(15-25(19)20)12-16-5-3-9-21-11-16/h1-3,5,7-9,11,17H,4,6,10,12-15H2/t17-/m1/s1. The van der Waals surface area contributed by atoms with Crippen LogP contribution in [-0.4, -0.2) is 45.4 Å². The summed E-state index contributed by atoms with van der Waals surface area (Å²) in [5.41, 5.74) is 3.48. The van der Waals surface area contributed by atoms with Crippen LogP contribution < -0.4 is 4.90 Å². The predicted molar refractivity (Wildman–Crippen MR) is 101 cm³/mol. The highest BCUT2D eigenvalue weighted by Crippen LogP contribution is 2.28. The zero-order chi connectivity index (χ0) is 17.3. The molecule has 1 fully saturated rings. The molecule has 1 atom stereocenters. The highest BCUT2D eigenvalue weighted by Gasteiger charge is 2.29. The van der Waals surface area contributed by atoms with Crippen molar-refractivity contribution in [2.45, 2.75) is 32.2 Å². The maximum atomic E-state index is 5.89. The van der Waals surface area contributed by atoms with Gasteiger partial charge >= 0.3 is 0 Å². The van der Waals surface area contributed by atoms with Gasteiger partial charge in [-0.2, -0.15) is 0 Å². The van der Waals surface area contributed by atoms with Crippen LogP contribution in [-0.2, 0) is 18.0 Å². The molecule has 0 saturated carbocycles. The third kappa shape index (κ3) is 2.95. The maximum absolute atomic E-state index is 5.89. The maximum Gasteiger partial charge on any atom is 0.208 e. The summed E-state index contributed by atoms with van der Waals surface area (Å²) >= 11 is 0. The Morgan fingerprint density at radius 2 is 2.08 bits per heavy atom. The Morgan fingerprint density at radius 1 is 1.12 bits per heavy atom. The zero-order valence-electron chi connectivity index (χ0n) is 14.8. The minimum atomic E-state index is 0.307. The molecule has 1 saturated heterocycles. The molecule has 2 aliphatic rings. The van der Waals surface area contributed by atoms with Crippen molar-refractivity contribution in [3.8, 4) is 0 Å². The molecule has 3 aromatic rings. The van der Waals surface area contributed by atoms with Crippen molar-refractivity contribution in [1.29, 1.82) is 0 Å². The fraction of sp³-hybridized carbons (Fsp3) is 0.400. The van der Waals surface area contributed by atoms with Crippen molar-refractivity contribution in [2.75, 3.05) is 24.7 Å². The summed E-state index contributed by atoms with van der Waals surface area (Å²) in [5, 5.41) is 0. The Bertz CT molecular complexity index is 888. The molecule has 1 aromatic carbocycles. The van der Waals surface area contributed by atoms with Crippen LogP contribution in [0.15, 0.2) is 48.8 Å². The van der Waals surface area contributed by atoms with E-state index in [4.69, 9.17) is 9.72 Å². The molecule has 2 aliphatic heterocycles. The summed E-state index contributed by atoms with van der Waals surface area (Å²) in [7, 11) is 0. The van der Waals surface area contributed by atoms with E-state index in [0.29, 0.717) is 6.10 Å². The molecule has 0 unspecified atom stereocenters. The van der Waals surface area contributed by atoms with Gasteiger partial charge in [-0.05, 0) is 36.6 Å². The number of anilines is 1. The molecule has 5 rings (SSSR count). The van der Waals surface area contributed by atoms with Crippen molar-refractivity contribution in [1.82, 2.24) is 19.4 Å². The monoisotopic (exact) mass is 349 g/mol. The van der Waals surface area contributed by atoms with Gasteiger partial charge < -0.3 is 9.64 Å². The summed E-state index contributed by atoms with van der Waals surface area (Å²) in [6.07, 6.45) is 6.38. The molecular weight excluding hydrogens is 326 g/mol. The molecule has 2 aromatic heterocycles. The molecule has 4 heterocycles. The molecule has 0 N–H and O–H groups in total. The Kier molecular flexibility index (Phi) is 4.07. The third-order valence-electron chi connectivity index (χ3n) is 5.21. The summed E-state index contributed by atoms with van der Waals surface area (Å²) in [4.78, 5) is 14.0. The average Bonchev–Trinajstić information content (AvgIpc) is 3.31. The van der Waals surface area contributed by atoms with Gasteiger partial charge in [0.25, 0.3) is 0 Å². The second kappa shape index (κ2) is 6.70. The SMILES string of the molecule is c1cncc(CN2CN(C[C@H]3CCCO3)c3nc4ccccc4n3C2)c1. The molecule has 0 amide bonds. The highest BCUT2D eigenvalue weighted by molar-refractivity contribution is 5.79. The Balaban J connectivity index is 1.47. The van der Waals surface area contributed by atoms with E-state index in [2.05, 4.69) is 49.7 Å². The number of para-hydroxylation sites is 2. The van der Waals surface area contributed by atoms with Crippen LogP contribution in [0.2, 0.25) is 0 Å². The number of hydrogen-bond acceptors (Lipinski definition) is 5. The second-order valence-electron chi connectivity index (χ2n) is 7.16. The summed E-state index contributed by atoms with van der Waals surface area (Å²) in [5.74, 6) is 1.06. The van der Waals surface area contributed by atoms with E-state index in [1.54, 1.807) is 0 Å². The Hall–Kier alpha value is -2.44. The van der Waals surface area contributed by atoms with Crippen molar-refractivity contribution in [3.63, 3.8) is 0 Å². The molecule has 0 radical (unpaired) electrons. The van der Waals surface area contributed by atoms with Crippen LogP contribution in [0, 0.1) is 0 Å². The van der Waals surface area contributed by atoms with Gasteiger partial charge in [-0.1, -0.05) is 18.2 Å². The molecule has 6 nitrogen and oxygen atoms in total. The lowest BCUT2D eigenvalue weighted by Crippen LogP contribution is -2.47. The normalized spacial score (nSPS) is 20.6. The van der Waals surface area contributed by atoms with Gasteiger partial charge in [0.15, 0.2) is 0 Å². The number of ether oxygens (including phenoxy) is 1. The van der Waals surface area contributed by atoms with Crippen molar-refractivity contribution < 1.29 is 4.74 Å². The minimum Gasteiger partial charge on any atom is -0.376 e. The minimum absolute atomic E-state index is 0.307. The number of fused-ring (bicyclic) bond motifs is 3. The van der Waals surface area contributed by atoms with Crippen molar-refractivity contribution in [3.05, 3.63) is 54.4 Å². The van der Waals surface area contributed by atoms with E-state index in [0.717, 1.165) is 57.3 Å². The topological polar surface area (TPSA) is 46.4 Å². The highest BCUT2D eigenvalue weighted by atomic mass is 16.5. The first-order chi connectivity index (χ1) is 12.9. The van der Waals surface area contributed by atoms with Crippen LogP contribution in [0.1, 0.15) is 18.4 Å². The van der Waals surface area contributed by atoms with Gasteiger partial charge in [0, 0.05) is 32.1 Å². The first kappa shape index (κ1) is 15.8. The number of imidazole rings is 1. The molecule has 0 aliphatic carbocycles. The predicted octanol–water partition coefficient (Wildman–Crippen LogP) is 2.85. The largest absolute Gasteiger partial charge is 0.376 e. The summed E-state index contributed by atoms with van der Waals surface area (Å²) in [6.45, 7) is 4.35. The van der Waals surface area contributed by atoms with Crippen LogP contribution in [0.3, 0.4) is 0 Å². The van der Waals surface area contributed by atoms with E-state index in [9.17, 15) is 0 Å². The van der Waals surface area contributed by atoms with Gasteiger partial charge in [-0.15, -0.1) is 0 Å². The Labute approximate surface area is 153 Å². The van der Waals surface area contributed by atoms with E-state index in [1.165, 1.54) is 11.1 Å². The molecule has 0 spiro atoms. The molecule has 26 heavy (non-hydrogen) atoms. The number of pyridine rings is 1. The van der Waals surface area contributed by atoms with Gasteiger partial charge in [0.05, 0.1) is 30.5 Å².